The van der Waals surface area contributed by atoms with E-state index in [1.54, 1.807) is 0 Å². The highest BCUT2D eigenvalue weighted by Gasteiger charge is 2.47. The van der Waals surface area contributed by atoms with Gasteiger partial charge in [-0.1, -0.05) is 104 Å². The average Bonchev–Trinajstić information content (AvgIpc) is 3.10. The second-order valence-corrected chi connectivity index (χ2v) is 8.97. The lowest BCUT2D eigenvalue weighted by molar-refractivity contribution is 0.113. The highest BCUT2D eigenvalue weighted by atomic mass is 15.5. The van der Waals surface area contributed by atoms with E-state index in [1.165, 1.54) is 27.8 Å². The molecule has 0 spiro atoms. The first-order valence-corrected chi connectivity index (χ1v) is 11.8. The van der Waals surface area contributed by atoms with Crippen molar-refractivity contribution in [2.45, 2.75) is 58.8 Å². The summed E-state index contributed by atoms with van der Waals surface area (Å²) in [5.74, 6) is 0. The van der Waals surface area contributed by atoms with Gasteiger partial charge in [0.25, 0.3) is 0 Å². The molecule has 2 heteroatoms. The van der Waals surface area contributed by atoms with E-state index >= 15 is 0 Å². The smallest absolute Gasteiger partial charge is 0.0897 e. The summed E-state index contributed by atoms with van der Waals surface area (Å²) < 4.78 is 0. The Morgan fingerprint density at radius 3 is 1.35 bits per heavy atom. The number of hydrogen-bond acceptors (Lipinski definition) is 2. The van der Waals surface area contributed by atoms with Gasteiger partial charge in [0.05, 0.1) is 18.2 Å². The third-order valence-electron chi connectivity index (χ3n) is 6.54. The summed E-state index contributed by atoms with van der Waals surface area (Å²) in [6, 6.07) is 30.2. The van der Waals surface area contributed by atoms with Crippen LogP contribution in [0.2, 0.25) is 0 Å². The van der Waals surface area contributed by atoms with Crippen molar-refractivity contribution in [2.75, 3.05) is 13.1 Å². The summed E-state index contributed by atoms with van der Waals surface area (Å²) in [4.78, 5) is 5.50. The van der Waals surface area contributed by atoms with Crippen molar-refractivity contribution in [3.8, 4) is 0 Å². The summed E-state index contributed by atoms with van der Waals surface area (Å²) in [6.07, 6.45) is 2.58. The fourth-order valence-corrected chi connectivity index (χ4v) is 5.18. The van der Waals surface area contributed by atoms with Gasteiger partial charge in [0.1, 0.15) is 0 Å². The van der Waals surface area contributed by atoms with Gasteiger partial charge in [0, 0.05) is 13.1 Å². The first-order valence-electron chi connectivity index (χ1n) is 11.8. The normalized spacial score (nSPS) is 22.1. The maximum atomic E-state index is 2.75. The Balaban J connectivity index is 1.89. The minimum Gasteiger partial charge on any atom is -0.275 e. The van der Waals surface area contributed by atoms with Crippen LogP contribution >= 0.6 is 0 Å². The van der Waals surface area contributed by atoms with Crippen molar-refractivity contribution in [3.05, 3.63) is 107 Å². The quantitative estimate of drug-likeness (QED) is 0.404. The maximum absolute atomic E-state index is 2.75. The van der Waals surface area contributed by atoms with Crippen LogP contribution in [0, 0.1) is 13.8 Å². The van der Waals surface area contributed by atoms with Crippen LogP contribution in [-0.4, -0.2) is 22.9 Å². The largest absolute Gasteiger partial charge is 0.275 e. The van der Waals surface area contributed by atoms with E-state index in [-0.39, 0.29) is 0 Å². The van der Waals surface area contributed by atoms with Crippen molar-refractivity contribution in [2.24, 2.45) is 0 Å². The van der Waals surface area contributed by atoms with Crippen molar-refractivity contribution in [3.63, 3.8) is 0 Å². The molecule has 3 aromatic rings. The topological polar surface area (TPSA) is 6.48 Å². The lowest BCUT2D eigenvalue weighted by Gasteiger charge is -2.32. The summed E-state index contributed by atoms with van der Waals surface area (Å²) in [5.41, 5.74) is 6.88. The zero-order valence-corrected chi connectivity index (χ0v) is 19.5. The van der Waals surface area contributed by atoms with Crippen LogP contribution in [-0.2, 0) is 0 Å². The number of nitrogens with zero attached hydrogens (tertiary/aromatic N) is 2. The standard InChI is InChI=1S/C29H36N2/c1-5-20-30-27(24-16-12-22(3)13-17-24)28(25-18-14-23(4)15-19-25)31(21-6-2)29(30)26-10-8-7-9-11-26/h7-19,27-29H,5-6,20-21H2,1-4H3. The molecule has 1 saturated heterocycles. The zero-order chi connectivity index (χ0) is 21.8. The van der Waals surface area contributed by atoms with Gasteiger partial charge in [0.2, 0.25) is 0 Å². The van der Waals surface area contributed by atoms with Gasteiger partial charge in [-0.05, 0) is 43.4 Å². The van der Waals surface area contributed by atoms with Gasteiger partial charge in [-0.2, -0.15) is 0 Å². The van der Waals surface area contributed by atoms with Gasteiger partial charge in [-0.25, -0.2) is 0 Å². The molecule has 0 radical (unpaired) electrons. The first-order chi connectivity index (χ1) is 15.1. The van der Waals surface area contributed by atoms with Crippen molar-refractivity contribution in [1.29, 1.82) is 0 Å². The SMILES string of the molecule is CCCN1C(c2ccc(C)cc2)C(c2ccc(C)cc2)N(CCC)C1c1ccccc1. The van der Waals surface area contributed by atoms with Crippen molar-refractivity contribution in [1.82, 2.24) is 9.80 Å². The molecule has 3 aromatic carbocycles. The van der Waals surface area contributed by atoms with Gasteiger partial charge >= 0.3 is 0 Å². The molecule has 1 fully saturated rings. The molecular weight excluding hydrogens is 376 g/mol. The summed E-state index contributed by atoms with van der Waals surface area (Å²) in [5, 5.41) is 0. The van der Waals surface area contributed by atoms with Gasteiger partial charge in [0.15, 0.2) is 0 Å². The Morgan fingerprint density at radius 1 is 0.548 bits per heavy atom. The Kier molecular flexibility index (Phi) is 6.89. The molecule has 4 rings (SSSR count). The molecule has 0 N–H and O–H groups in total. The van der Waals surface area contributed by atoms with Crippen LogP contribution in [0.1, 0.15) is 72.8 Å². The monoisotopic (exact) mass is 412 g/mol. The molecule has 1 heterocycles. The third-order valence-corrected chi connectivity index (χ3v) is 6.54. The second-order valence-electron chi connectivity index (χ2n) is 8.97. The van der Waals surface area contributed by atoms with E-state index in [9.17, 15) is 0 Å². The summed E-state index contributed by atoms with van der Waals surface area (Å²) >= 11 is 0. The van der Waals surface area contributed by atoms with E-state index in [0.29, 0.717) is 18.2 Å². The van der Waals surface area contributed by atoms with E-state index in [4.69, 9.17) is 0 Å². The third kappa shape index (κ3) is 4.46. The molecule has 0 saturated carbocycles. The lowest BCUT2D eigenvalue weighted by atomic mass is 9.92. The Hall–Kier alpha value is -2.42. The van der Waals surface area contributed by atoms with E-state index in [1.807, 2.05) is 0 Å². The number of rotatable bonds is 7. The molecule has 1 aliphatic heterocycles. The highest BCUT2D eigenvalue weighted by molar-refractivity contribution is 5.35. The van der Waals surface area contributed by atoms with E-state index < -0.39 is 0 Å². The van der Waals surface area contributed by atoms with Crippen molar-refractivity contribution >= 4 is 0 Å². The molecular formula is C29H36N2. The second kappa shape index (κ2) is 9.80. The molecule has 2 unspecified atom stereocenters. The molecule has 1 aliphatic rings. The van der Waals surface area contributed by atoms with Crippen LogP contribution in [0.15, 0.2) is 78.9 Å². The highest BCUT2D eigenvalue weighted by Crippen LogP contribution is 2.52. The lowest BCUT2D eigenvalue weighted by Crippen LogP contribution is -2.32. The fraction of sp³-hybridized carbons (Fsp3) is 0.379. The molecule has 162 valence electrons. The predicted molar refractivity (Wildman–Crippen MR) is 131 cm³/mol. The number of aryl methyl sites for hydroxylation is 2. The average molecular weight is 413 g/mol. The van der Waals surface area contributed by atoms with Crippen LogP contribution < -0.4 is 0 Å². The van der Waals surface area contributed by atoms with Crippen molar-refractivity contribution < 1.29 is 0 Å². The Morgan fingerprint density at radius 2 is 0.968 bits per heavy atom. The van der Waals surface area contributed by atoms with E-state index in [0.717, 1.165) is 25.9 Å². The number of hydrogen-bond donors (Lipinski definition) is 0. The minimum absolute atomic E-state index is 0.290. The molecule has 2 nitrogen and oxygen atoms in total. The van der Waals surface area contributed by atoms with Crippen LogP contribution in [0.25, 0.3) is 0 Å². The molecule has 0 aliphatic carbocycles. The molecule has 0 aromatic heterocycles. The minimum atomic E-state index is 0.290. The molecule has 31 heavy (non-hydrogen) atoms. The van der Waals surface area contributed by atoms with Crippen LogP contribution in [0.3, 0.4) is 0 Å². The molecule has 0 bridgehead atoms. The van der Waals surface area contributed by atoms with Gasteiger partial charge in [-0.15, -0.1) is 0 Å². The molecule has 2 atom stereocenters. The molecule has 0 amide bonds. The van der Waals surface area contributed by atoms with Gasteiger partial charge < -0.3 is 0 Å². The maximum Gasteiger partial charge on any atom is 0.0897 e. The Labute approximate surface area is 188 Å². The van der Waals surface area contributed by atoms with Crippen LogP contribution in [0.4, 0.5) is 0 Å². The van der Waals surface area contributed by atoms with Crippen LogP contribution in [0.5, 0.6) is 0 Å². The fourth-order valence-electron chi connectivity index (χ4n) is 5.18. The first kappa shape index (κ1) is 21.8. The summed E-state index contributed by atoms with van der Waals surface area (Å²) in [7, 11) is 0. The number of benzene rings is 3. The Bertz CT molecular complexity index is 885. The predicted octanol–water partition coefficient (Wildman–Crippen LogP) is 7.22. The van der Waals surface area contributed by atoms with Gasteiger partial charge in [-0.3, -0.25) is 9.80 Å². The van der Waals surface area contributed by atoms with E-state index in [2.05, 4.69) is 116 Å². The summed E-state index contributed by atoms with van der Waals surface area (Å²) in [6.45, 7) is 11.1. The zero-order valence-electron chi connectivity index (χ0n) is 19.5.